The van der Waals surface area contributed by atoms with E-state index in [1.807, 2.05) is 20.8 Å². The van der Waals surface area contributed by atoms with Crippen molar-refractivity contribution in [2.75, 3.05) is 6.61 Å². The highest BCUT2D eigenvalue weighted by Gasteiger charge is 2.35. The Balaban J connectivity index is 2.72. The molecule has 5 heteroatoms. The Kier molecular flexibility index (Phi) is 4.01. The van der Waals surface area contributed by atoms with Crippen LogP contribution in [0, 0.1) is 5.41 Å². The summed E-state index contributed by atoms with van der Waals surface area (Å²) in [5.41, 5.74) is -0.804. The minimum atomic E-state index is -4.43. The fourth-order valence-electron chi connectivity index (χ4n) is 1.18. The van der Waals surface area contributed by atoms with Gasteiger partial charge in [0.15, 0.2) is 0 Å². The van der Waals surface area contributed by atoms with Crippen molar-refractivity contribution in [2.45, 2.75) is 33.4 Å². The van der Waals surface area contributed by atoms with Crippen LogP contribution in [0.3, 0.4) is 0 Å². The smallest absolute Gasteiger partial charge is 0.421 e. The molecule has 0 atom stereocenters. The molecule has 0 amide bonds. The van der Waals surface area contributed by atoms with Crippen molar-refractivity contribution in [3.8, 4) is 5.88 Å². The fraction of sp³-hybridized carbons (Fsp3) is 0.583. The lowest BCUT2D eigenvalue weighted by molar-refractivity contribution is -0.139. The van der Waals surface area contributed by atoms with Gasteiger partial charge in [0.1, 0.15) is 5.56 Å². The summed E-state index contributed by atoms with van der Waals surface area (Å²) in [6, 6.07) is 2.22. The monoisotopic (exact) mass is 247 g/mol. The van der Waals surface area contributed by atoms with Crippen molar-refractivity contribution in [2.24, 2.45) is 5.41 Å². The molecule has 0 bridgehead atoms. The molecule has 17 heavy (non-hydrogen) atoms. The van der Waals surface area contributed by atoms with Crippen LogP contribution in [-0.4, -0.2) is 11.6 Å². The summed E-state index contributed by atoms with van der Waals surface area (Å²) in [5.74, 6) is -0.343. The average Bonchev–Trinajstić information content (AvgIpc) is 2.15. The number of ether oxygens (including phenoxy) is 1. The van der Waals surface area contributed by atoms with Gasteiger partial charge in [0.05, 0.1) is 6.61 Å². The number of rotatable bonds is 3. The summed E-state index contributed by atoms with van der Waals surface area (Å²) >= 11 is 0. The zero-order valence-corrected chi connectivity index (χ0v) is 10.1. The van der Waals surface area contributed by atoms with Crippen LogP contribution in [0.1, 0.15) is 32.8 Å². The molecular formula is C12H16F3NO. The molecule has 0 radical (unpaired) electrons. The summed E-state index contributed by atoms with van der Waals surface area (Å²) in [6.45, 7) is 6.22. The zero-order valence-electron chi connectivity index (χ0n) is 10.1. The number of aromatic nitrogens is 1. The lowest BCUT2D eigenvalue weighted by Crippen LogP contribution is -2.14. The van der Waals surface area contributed by atoms with Crippen molar-refractivity contribution in [3.63, 3.8) is 0 Å². The summed E-state index contributed by atoms with van der Waals surface area (Å²) in [6.07, 6.45) is -2.46. The van der Waals surface area contributed by atoms with Crippen LogP contribution in [0.4, 0.5) is 13.2 Å². The number of hydrogen-bond acceptors (Lipinski definition) is 2. The highest BCUT2D eigenvalue weighted by Crippen LogP contribution is 2.34. The first-order valence-electron chi connectivity index (χ1n) is 5.35. The molecule has 0 unspecified atom stereocenters. The van der Waals surface area contributed by atoms with Crippen LogP contribution in [0.15, 0.2) is 18.3 Å². The molecule has 0 aliphatic rings. The van der Waals surface area contributed by atoms with Crippen LogP contribution in [0.2, 0.25) is 0 Å². The predicted molar refractivity (Wildman–Crippen MR) is 58.8 cm³/mol. The van der Waals surface area contributed by atoms with E-state index < -0.39 is 11.7 Å². The van der Waals surface area contributed by atoms with Gasteiger partial charge in [-0.2, -0.15) is 13.2 Å². The van der Waals surface area contributed by atoms with Crippen molar-refractivity contribution < 1.29 is 17.9 Å². The first-order valence-corrected chi connectivity index (χ1v) is 5.35. The maximum absolute atomic E-state index is 12.6. The zero-order chi connectivity index (χ0) is 13.1. The highest BCUT2D eigenvalue weighted by atomic mass is 19.4. The highest BCUT2D eigenvalue weighted by molar-refractivity contribution is 5.28. The molecule has 0 saturated carbocycles. The van der Waals surface area contributed by atoms with Gasteiger partial charge in [0.25, 0.3) is 0 Å². The third-order valence-corrected chi connectivity index (χ3v) is 2.17. The van der Waals surface area contributed by atoms with Crippen molar-refractivity contribution >= 4 is 0 Å². The molecule has 1 heterocycles. The van der Waals surface area contributed by atoms with Crippen LogP contribution >= 0.6 is 0 Å². The fourth-order valence-corrected chi connectivity index (χ4v) is 1.18. The quantitative estimate of drug-likeness (QED) is 0.807. The minimum absolute atomic E-state index is 0.0210. The summed E-state index contributed by atoms with van der Waals surface area (Å²) in [7, 11) is 0. The number of halogens is 3. The molecule has 0 N–H and O–H groups in total. The molecule has 0 aromatic carbocycles. The molecule has 96 valence electrons. The van der Waals surface area contributed by atoms with Gasteiger partial charge in [0.2, 0.25) is 5.88 Å². The van der Waals surface area contributed by atoms with E-state index in [0.717, 1.165) is 6.07 Å². The molecular weight excluding hydrogens is 231 g/mol. The molecule has 0 spiro atoms. The van der Waals surface area contributed by atoms with Crippen molar-refractivity contribution in [1.29, 1.82) is 0 Å². The van der Waals surface area contributed by atoms with Gasteiger partial charge in [-0.3, -0.25) is 0 Å². The Morgan fingerprint density at radius 2 is 1.88 bits per heavy atom. The Morgan fingerprint density at radius 1 is 1.24 bits per heavy atom. The molecule has 0 aliphatic heterocycles. The maximum Gasteiger partial charge on any atom is 0.421 e. The second-order valence-corrected chi connectivity index (χ2v) is 5.01. The van der Waals surface area contributed by atoms with Crippen molar-refractivity contribution in [1.82, 2.24) is 4.98 Å². The van der Waals surface area contributed by atoms with Gasteiger partial charge < -0.3 is 4.74 Å². The van der Waals surface area contributed by atoms with Gasteiger partial charge in [-0.1, -0.05) is 20.8 Å². The lowest BCUT2D eigenvalue weighted by Gasteiger charge is -2.18. The summed E-state index contributed by atoms with van der Waals surface area (Å²) in [5, 5.41) is 0. The van der Waals surface area contributed by atoms with Gasteiger partial charge in [-0.15, -0.1) is 0 Å². The second kappa shape index (κ2) is 4.94. The first-order chi connectivity index (χ1) is 7.70. The third kappa shape index (κ3) is 4.63. The van der Waals surface area contributed by atoms with E-state index in [1.165, 1.54) is 12.3 Å². The van der Waals surface area contributed by atoms with E-state index in [1.54, 1.807) is 0 Å². The van der Waals surface area contributed by atoms with Gasteiger partial charge in [0, 0.05) is 6.20 Å². The maximum atomic E-state index is 12.6. The standard InChI is InChI=1S/C12H16F3NO/c1-11(2,3)6-8-17-10-9(12(13,14)15)5-4-7-16-10/h4-5,7H,6,8H2,1-3H3. The third-order valence-electron chi connectivity index (χ3n) is 2.17. The predicted octanol–water partition coefficient (Wildman–Crippen LogP) is 3.92. The van der Waals surface area contributed by atoms with Gasteiger partial charge in [-0.25, -0.2) is 4.98 Å². The molecule has 1 aromatic rings. The summed E-state index contributed by atoms with van der Waals surface area (Å²) in [4.78, 5) is 3.62. The molecule has 0 aliphatic carbocycles. The second-order valence-electron chi connectivity index (χ2n) is 5.01. The number of pyridine rings is 1. The molecule has 0 fully saturated rings. The van der Waals surface area contributed by atoms with Crippen LogP contribution in [0.25, 0.3) is 0 Å². The van der Waals surface area contributed by atoms with E-state index >= 15 is 0 Å². The number of nitrogens with zero attached hydrogens (tertiary/aromatic N) is 1. The molecule has 1 aromatic heterocycles. The van der Waals surface area contributed by atoms with E-state index in [2.05, 4.69) is 4.98 Å². The van der Waals surface area contributed by atoms with Crippen LogP contribution in [0.5, 0.6) is 5.88 Å². The van der Waals surface area contributed by atoms with Crippen LogP contribution in [-0.2, 0) is 6.18 Å². The van der Waals surface area contributed by atoms with E-state index in [-0.39, 0.29) is 17.9 Å². The largest absolute Gasteiger partial charge is 0.477 e. The molecule has 1 rings (SSSR count). The number of alkyl halides is 3. The number of hydrogen-bond donors (Lipinski definition) is 0. The Bertz CT molecular complexity index is 369. The lowest BCUT2D eigenvalue weighted by atomic mass is 9.93. The van der Waals surface area contributed by atoms with E-state index in [4.69, 9.17) is 4.74 Å². The topological polar surface area (TPSA) is 22.1 Å². The minimum Gasteiger partial charge on any atom is -0.477 e. The average molecular weight is 247 g/mol. The van der Waals surface area contributed by atoms with E-state index in [9.17, 15) is 13.2 Å². The normalized spacial score (nSPS) is 12.6. The summed E-state index contributed by atoms with van der Waals surface area (Å²) < 4.78 is 42.9. The molecule has 2 nitrogen and oxygen atoms in total. The van der Waals surface area contributed by atoms with Gasteiger partial charge in [-0.05, 0) is 24.0 Å². The Hall–Kier alpha value is -1.26. The SMILES string of the molecule is CC(C)(C)CCOc1ncccc1C(F)(F)F. The molecule has 0 saturated heterocycles. The first kappa shape index (κ1) is 13.8. The van der Waals surface area contributed by atoms with Crippen molar-refractivity contribution in [3.05, 3.63) is 23.9 Å². The van der Waals surface area contributed by atoms with Crippen LogP contribution < -0.4 is 4.74 Å². The Morgan fingerprint density at radius 3 is 2.41 bits per heavy atom. The Labute approximate surface area is 98.8 Å². The van der Waals surface area contributed by atoms with Gasteiger partial charge >= 0.3 is 6.18 Å². The van der Waals surface area contributed by atoms with E-state index in [0.29, 0.717) is 6.42 Å².